The van der Waals surface area contributed by atoms with Crippen LogP contribution in [-0.4, -0.2) is 42.2 Å². The lowest BCUT2D eigenvalue weighted by molar-refractivity contribution is -0.142. The molecule has 1 saturated heterocycles. The Labute approximate surface area is 149 Å². The van der Waals surface area contributed by atoms with Crippen LogP contribution in [-0.2, 0) is 19.1 Å². The van der Waals surface area contributed by atoms with E-state index in [1.165, 1.54) is 13.2 Å². The zero-order chi connectivity index (χ0) is 18.8. The molecule has 2 aliphatic rings. The van der Waals surface area contributed by atoms with E-state index in [0.717, 1.165) is 29.9 Å². The fourth-order valence-electron chi connectivity index (χ4n) is 3.59. The molecule has 0 radical (unpaired) electrons. The van der Waals surface area contributed by atoms with Crippen LogP contribution in [0.4, 0.5) is 10.1 Å². The van der Waals surface area contributed by atoms with E-state index in [2.05, 4.69) is 10.1 Å². The van der Waals surface area contributed by atoms with Crippen molar-refractivity contribution in [1.82, 2.24) is 4.90 Å². The molecule has 2 atom stereocenters. The van der Waals surface area contributed by atoms with Crippen molar-refractivity contribution in [2.75, 3.05) is 19.0 Å². The molecule has 138 valence electrons. The molecular formula is C18H19FN2O5. The average molecular weight is 362 g/mol. The molecule has 1 aliphatic heterocycles. The molecule has 1 heterocycles. The quantitative estimate of drug-likeness (QED) is 0.650. The van der Waals surface area contributed by atoms with Gasteiger partial charge in [-0.2, -0.15) is 0 Å². The van der Waals surface area contributed by atoms with Crippen LogP contribution in [0.25, 0.3) is 0 Å². The van der Waals surface area contributed by atoms with Gasteiger partial charge in [0.25, 0.3) is 0 Å². The zero-order valence-corrected chi connectivity index (χ0v) is 14.3. The van der Waals surface area contributed by atoms with Crippen LogP contribution >= 0.6 is 0 Å². The number of fused-ring (bicyclic) bond motifs is 1. The SMILES string of the molecule is COC(=O)c1ccc(F)c(NC(=O)CN2C(=O)C3CCCCC3C2=O)c1. The number of halogens is 1. The van der Waals surface area contributed by atoms with Crippen molar-refractivity contribution in [3.8, 4) is 0 Å². The lowest BCUT2D eigenvalue weighted by Crippen LogP contribution is -2.38. The molecule has 1 saturated carbocycles. The summed E-state index contributed by atoms with van der Waals surface area (Å²) in [7, 11) is 1.19. The molecule has 8 heteroatoms. The summed E-state index contributed by atoms with van der Waals surface area (Å²) < 4.78 is 18.4. The van der Waals surface area contributed by atoms with Gasteiger partial charge in [-0.3, -0.25) is 19.3 Å². The minimum Gasteiger partial charge on any atom is -0.465 e. The van der Waals surface area contributed by atoms with Gasteiger partial charge in [-0.15, -0.1) is 0 Å². The number of carbonyl (C=O) groups is 4. The van der Waals surface area contributed by atoms with Crippen LogP contribution in [0.3, 0.4) is 0 Å². The third-order valence-corrected chi connectivity index (χ3v) is 4.90. The maximum atomic E-state index is 13.9. The summed E-state index contributed by atoms with van der Waals surface area (Å²) in [6.07, 6.45) is 3.10. The van der Waals surface area contributed by atoms with Crippen LogP contribution in [0.5, 0.6) is 0 Å². The van der Waals surface area contributed by atoms with E-state index in [4.69, 9.17) is 0 Å². The highest BCUT2D eigenvalue weighted by Gasteiger charge is 2.48. The number of nitrogens with zero attached hydrogens (tertiary/aromatic N) is 1. The summed E-state index contributed by atoms with van der Waals surface area (Å²) in [6, 6.07) is 3.41. The Morgan fingerprint density at radius 3 is 2.38 bits per heavy atom. The number of benzene rings is 1. The molecule has 0 spiro atoms. The van der Waals surface area contributed by atoms with E-state index in [0.29, 0.717) is 12.8 Å². The first-order valence-electron chi connectivity index (χ1n) is 8.45. The Balaban J connectivity index is 1.70. The largest absolute Gasteiger partial charge is 0.465 e. The molecule has 3 rings (SSSR count). The number of methoxy groups -OCH3 is 1. The fourth-order valence-corrected chi connectivity index (χ4v) is 3.59. The molecule has 3 amide bonds. The number of likely N-dealkylation sites (tertiary alicyclic amines) is 1. The number of esters is 1. The molecular weight excluding hydrogens is 343 g/mol. The number of anilines is 1. The number of carbonyl (C=O) groups excluding carboxylic acids is 4. The molecule has 26 heavy (non-hydrogen) atoms. The van der Waals surface area contributed by atoms with Crippen LogP contribution in [0.15, 0.2) is 18.2 Å². The van der Waals surface area contributed by atoms with Gasteiger partial charge in [0.2, 0.25) is 17.7 Å². The predicted octanol–water partition coefficient (Wildman–Crippen LogP) is 1.73. The molecule has 0 bridgehead atoms. The molecule has 7 nitrogen and oxygen atoms in total. The Kier molecular flexibility index (Phi) is 5.01. The Bertz CT molecular complexity index is 755. The van der Waals surface area contributed by atoms with Crippen molar-refractivity contribution in [1.29, 1.82) is 0 Å². The number of rotatable bonds is 4. The van der Waals surface area contributed by atoms with Crippen LogP contribution in [0.2, 0.25) is 0 Å². The standard InChI is InChI=1S/C18H19FN2O5/c1-26-18(25)10-6-7-13(19)14(8-10)20-15(22)9-21-16(23)11-4-2-3-5-12(11)17(21)24/h6-8,11-12H,2-5,9H2,1H3,(H,20,22). The number of nitrogens with one attached hydrogen (secondary N) is 1. The van der Waals surface area contributed by atoms with Gasteiger partial charge in [-0.05, 0) is 31.0 Å². The molecule has 2 fully saturated rings. The van der Waals surface area contributed by atoms with Crippen LogP contribution in [0, 0.1) is 17.7 Å². The first-order valence-corrected chi connectivity index (χ1v) is 8.45. The average Bonchev–Trinajstić information content (AvgIpc) is 2.88. The number of amides is 3. The first kappa shape index (κ1) is 18.0. The van der Waals surface area contributed by atoms with Crippen LogP contribution in [0.1, 0.15) is 36.0 Å². The smallest absolute Gasteiger partial charge is 0.337 e. The summed E-state index contributed by atoms with van der Waals surface area (Å²) in [5.41, 5.74) is -0.141. The number of ether oxygens (including phenoxy) is 1. The van der Waals surface area contributed by atoms with Crippen molar-refractivity contribution in [2.24, 2.45) is 11.8 Å². The topological polar surface area (TPSA) is 92.8 Å². The van der Waals surface area contributed by atoms with Gasteiger partial charge in [-0.1, -0.05) is 12.8 Å². The maximum absolute atomic E-state index is 13.9. The van der Waals surface area contributed by atoms with Crippen LogP contribution < -0.4 is 5.32 Å². The van der Waals surface area contributed by atoms with E-state index in [-0.39, 0.29) is 34.9 Å². The maximum Gasteiger partial charge on any atom is 0.337 e. The predicted molar refractivity (Wildman–Crippen MR) is 88.5 cm³/mol. The second-order valence-electron chi connectivity index (χ2n) is 6.49. The number of hydrogen-bond acceptors (Lipinski definition) is 5. The normalized spacial score (nSPS) is 22.2. The Morgan fingerprint density at radius 2 is 1.81 bits per heavy atom. The van der Waals surface area contributed by atoms with Gasteiger partial charge < -0.3 is 10.1 Å². The highest BCUT2D eigenvalue weighted by atomic mass is 19.1. The second kappa shape index (κ2) is 7.23. The number of hydrogen-bond donors (Lipinski definition) is 1. The highest BCUT2D eigenvalue weighted by Crippen LogP contribution is 2.37. The van der Waals surface area contributed by atoms with Crippen molar-refractivity contribution in [2.45, 2.75) is 25.7 Å². The van der Waals surface area contributed by atoms with Gasteiger partial charge in [0, 0.05) is 0 Å². The Morgan fingerprint density at radius 1 is 1.19 bits per heavy atom. The van der Waals surface area contributed by atoms with Gasteiger partial charge in [0.05, 0.1) is 30.2 Å². The van der Waals surface area contributed by atoms with E-state index >= 15 is 0 Å². The minimum atomic E-state index is -0.737. The summed E-state index contributed by atoms with van der Waals surface area (Å²) >= 11 is 0. The van der Waals surface area contributed by atoms with E-state index in [9.17, 15) is 23.6 Å². The summed E-state index contributed by atoms with van der Waals surface area (Å²) in [4.78, 5) is 49.5. The minimum absolute atomic E-state index is 0.0727. The van der Waals surface area contributed by atoms with Gasteiger partial charge in [0.1, 0.15) is 12.4 Å². The lowest BCUT2D eigenvalue weighted by atomic mass is 9.81. The van der Waals surface area contributed by atoms with Crippen molar-refractivity contribution < 1.29 is 28.3 Å². The summed E-state index contributed by atoms with van der Waals surface area (Å²) in [6.45, 7) is -0.466. The molecule has 2 unspecified atom stereocenters. The van der Waals surface area contributed by atoms with E-state index in [1.54, 1.807) is 0 Å². The summed E-state index contributed by atoms with van der Waals surface area (Å²) in [5.74, 6) is -3.47. The second-order valence-corrected chi connectivity index (χ2v) is 6.49. The summed E-state index contributed by atoms with van der Waals surface area (Å²) in [5, 5.41) is 2.31. The monoisotopic (exact) mass is 362 g/mol. The third kappa shape index (κ3) is 3.31. The van der Waals surface area contributed by atoms with Crippen molar-refractivity contribution in [3.63, 3.8) is 0 Å². The van der Waals surface area contributed by atoms with E-state index in [1.807, 2.05) is 0 Å². The highest BCUT2D eigenvalue weighted by molar-refractivity contribution is 6.08. The molecule has 1 aromatic rings. The zero-order valence-electron chi connectivity index (χ0n) is 14.3. The van der Waals surface area contributed by atoms with Gasteiger partial charge in [0.15, 0.2) is 0 Å². The van der Waals surface area contributed by atoms with Gasteiger partial charge >= 0.3 is 5.97 Å². The lowest BCUT2D eigenvalue weighted by Gasteiger charge is -2.19. The van der Waals surface area contributed by atoms with Crippen molar-refractivity contribution in [3.05, 3.63) is 29.6 Å². The number of imide groups is 1. The first-order chi connectivity index (χ1) is 12.4. The fraction of sp³-hybridized carbons (Fsp3) is 0.444. The molecule has 1 aliphatic carbocycles. The Hall–Kier alpha value is -2.77. The molecule has 1 N–H and O–H groups in total. The van der Waals surface area contributed by atoms with Gasteiger partial charge in [-0.25, -0.2) is 9.18 Å². The molecule has 0 aromatic heterocycles. The molecule has 1 aromatic carbocycles. The third-order valence-electron chi connectivity index (χ3n) is 4.90. The van der Waals surface area contributed by atoms with Crippen molar-refractivity contribution >= 4 is 29.4 Å². The van der Waals surface area contributed by atoms with E-state index < -0.39 is 24.2 Å².